The summed E-state index contributed by atoms with van der Waals surface area (Å²) in [5.41, 5.74) is 0. The van der Waals surface area contributed by atoms with Crippen molar-refractivity contribution in [1.29, 1.82) is 0 Å². The molecular formula is C24H44O12Si4Ti. The molecule has 0 heterocycles. The quantitative estimate of drug-likeness (QED) is 0.138. The molecule has 0 aliphatic carbocycles. The molecular weight excluding hydrogens is 640 g/mol. The van der Waals surface area contributed by atoms with Gasteiger partial charge in [-0.3, -0.25) is 19.2 Å². The number of carbonyl (C=O) groups is 8. The van der Waals surface area contributed by atoms with E-state index in [0.29, 0.717) is 66.7 Å². The fourth-order valence-electron chi connectivity index (χ4n) is 2.15. The Kier molecular flexibility index (Phi) is 24.9. The second-order valence-corrected chi connectivity index (χ2v) is 16.9. The summed E-state index contributed by atoms with van der Waals surface area (Å²) in [6.07, 6.45) is 1.38. The van der Waals surface area contributed by atoms with Gasteiger partial charge in [-0.1, -0.05) is 27.7 Å². The van der Waals surface area contributed by atoms with Crippen LogP contribution < -0.4 is 20.4 Å². The zero-order valence-electron chi connectivity index (χ0n) is 26.2. The Hall–Kier alpha value is -1.86. The molecule has 0 radical (unpaired) electrons. The molecule has 0 aromatic rings. The van der Waals surface area contributed by atoms with E-state index in [1.54, 1.807) is 27.7 Å². The smallest absolute Gasteiger partial charge is 0.549 e. The van der Waals surface area contributed by atoms with Crippen LogP contribution in [-0.2, 0) is 60.1 Å². The van der Waals surface area contributed by atoms with E-state index in [4.69, 9.17) is 0 Å². The first-order valence-electron chi connectivity index (χ1n) is 12.7. The Bertz CT molecular complexity index is 760. The van der Waals surface area contributed by atoms with Crippen molar-refractivity contribution in [3.05, 3.63) is 0 Å². The van der Waals surface area contributed by atoms with E-state index in [1.165, 1.54) is 27.7 Å². The van der Waals surface area contributed by atoms with E-state index in [-0.39, 0.29) is 44.9 Å². The largest absolute Gasteiger partial charge is 4.00 e. The van der Waals surface area contributed by atoms with Crippen molar-refractivity contribution >= 4 is 88.0 Å². The van der Waals surface area contributed by atoms with Gasteiger partial charge < -0.3 is 39.6 Å². The number of ketones is 4. The molecule has 0 bridgehead atoms. The second-order valence-electron chi connectivity index (χ2n) is 10.1. The van der Waals surface area contributed by atoms with Crippen LogP contribution in [-0.4, -0.2) is 88.0 Å². The number of rotatable bonds is 12. The molecule has 12 nitrogen and oxygen atoms in total. The van der Waals surface area contributed by atoms with Gasteiger partial charge in [0.1, 0.15) is 23.1 Å². The SMILES string of the molecule is CCC([SiH3])(C(C)=O)C(=O)[O-].CCC([SiH3])(C(C)=O)C(=O)[O-].CCC([SiH3])(C(C)=O)C(=O)[O-].CCC([SiH3])(C(C)=O)C(=O)[O-].[Ti+4]. The third kappa shape index (κ3) is 14.7. The van der Waals surface area contributed by atoms with E-state index in [0.717, 1.165) is 0 Å². The van der Waals surface area contributed by atoms with Crippen LogP contribution in [0.3, 0.4) is 0 Å². The monoisotopic (exact) mass is 684 g/mol. The van der Waals surface area contributed by atoms with Gasteiger partial charge in [-0.05, 0) is 53.4 Å². The van der Waals surface area contributed by atoms with Crippen LogP contribution in [0.5, 0.6) is 0 Å². The number of aliphatic carboxylic acids is 4. The van der Waals surface area contributed by atoms with Crippen molar-refractivity contribution in [3.63, 3.8) is 0 Å². The number of carboxylic acid groups (broad SMARTS) is 4. The van der Waals surface area contributed by atoms with Gasteiger partial charge in [0.05, 0.1) is 44.0 Å². The minimum Gasteiger partial charge on any atom is -0.549 e. The van der Waals surface area contributed by atoms with Crippen LogP contribution in [0.2, 0.25) is 20.2 Å². The second kappa shape index (κ2) is 20.9. The van der Waals surface area contributed by atoms with Crippen molar-refractivity contribution in [2.45, 2.75) is 101 Å². The predicted octanol–water partition coefficient (Wildman–Crippen LogP) is -6.96. The molecule has 0 saturated heterocycles. The summed E-state index contributed by atoms with van der Waals surface area (Å²) in [4.78, 5) is 84.6. The van der Waals surface area contributed by atoms with Gasteiger partial charge in [-0.25, -0.2) is 0 Å². The summed E-state index contributed by atoms with van der Waals surface area (Å²) >= 11 is 0. The molecule has 0 aliphatic heterocycles. The maximum absolute atomic E-state index is 10.8. The number of hydrogen-bond acceptors (Lipinski definition) is 12. The molecule has 41 heavy (non-hydrogen) atoms. The Morgan fingerprint density at radius 3 is 0.512 bits per heavy atom. The molecule has 0 aromatic carbocycles. The molecule has 0 aromatic heterocycles. The summed E-state index contributed by atoms with van der Waals surface area (Å²) < 4.78 is 0. The van der Waals surface area contributed by atoms with E-state index >= 15 is 0 Å². The third-order valence-corrected chi connectivity index (χ3v) is 15.0. The van der Waals surface area contributed by atoms with Crippen molar-refractivity contribution in [3.8, 4) is 0 Å². The van der Waals surface area contributed by atoms with Crippen LogP contribution in [0.15, 0.2) is 0 Å². The fourth-order valence-corrected chi connectivity index (χ4v) is 2.15. The zero-order valence-corrected chi connectivity index (χ0v) is 35.8. The maximum Gasteiger partial charge on any atom is 4.00 e. The summed E-state index contributed by atoms with van der Waals surface area (Å²) in [6, 6.07) is 0. The molecule has 4 unspecified atom stereocenters. The first kappa shape index (κ1) is 48.9. The van der Waals surface area contributed by atoms with Crippen LogP contribution in [0.4, 0.5) is 0 Å². The summed E-state index contributed by atoms with van der Waals surface area (Å²) in [7, 11) is 1.31. The molecule has 0 amide bonds. The molecule has 0 fully saturated rings. The third-order valence-electron chi connectivity index (χ3n) is 7.74. The number of carboxylic acids is 4. The topological polar surface area (TPSA) is 229 Å². The first-order chi connectivity index (χ1) is 17.8. The van der Waals surface area contributed by atoms with Gasteiger partial charge in [0, 0.05) is 41.0 Å². The molecule has 0 aliphatic rings. The molecule has 4 atom stereocenters. The summed E-state index contributed by atoms with van der Waals surface area (Å²) in [6.45, 7) is 11.9. The van der Waals surface area contributed by atoms with E-state index in [2.05, 4.69) is 0 Å². The Morgan fingerprint density at radius 1 is 0.415 bits per heavy atom. The van der Waals surface area contributed by atoms with Crippen LogP contribution in [0.25, 0.3) is 0 Å². The standard InChI is InChI=1S/4C6H12O3Si.Ti/c4*1-3-6(10,4(2)7)5(8)9;/h4*3H2,1-2,10H3,(H,8,9);/q;;;;+4/p-4. The summed E-state index contributed by atoms with van der Waals surface area (Å²) in [5, 5.41) is 37.0. The Balaban J connectivity index is -0.000000139. The first-order valence-corrected chi connectivity index (χ1v) is 16.7. The number of Topliss-reactive ketones (excluding diaryl/α,β-unsaturated/α-hetero) is 4. The van der Waals surface area contributed by atoms with Gasteiger partial charge in [0.25, 0.3) is 0 Å². The van der Waals surface area contributed by atoms with Gasteiger partial charge in [0.2, 0.25) is 0 Å². The fraction of sp³-hybridized carbons (Fsp3) is 0.667. The van der Waals surface area contributed by atoms with Crippen molar-refractivity contribution in [2.75, 3.05) is 0 Å². The summed E-state index contributed by atoms with van der Waals surface area (Å²) in [5.74, 6) is -6.07. The van der Waals surface area contributed by atoms with Gasteiger partial charge in [0.15, 0.2) is 0 Å². The molecule has 0 N–H and O–H groups in total. The van der Waals surface area contributed by atoms with Crippen LogP contribution in [0, 0.1) is 0 Å². The molecule has 0 saturated carbocycles. The van der Waals surface area contributed by atoms with Crippen molar-refractivity contribution in [2.24, 2.45) is 0 Å². The van der Waals surface area contributed by atoms with Gasteiger partial charge >= 0.3 is 21.7 Å². The van der Waals surface area contributed by atoms with Crippen molar-refractivity contribution < 1.29 is 80.5 Å². The normalized spacial score (nSPS) is 15.8. The van der Waals surface area contributed by atoms with Crippen molar-refractivity contribution in [1.82, 2.24) is 0 Å². The van der Waals surface area contributed by atoms with Gasteiger partial charge in [-0.2, -0.15) is 0 Å². The predicted molar refractivity (Wildman–Crippen MR) is 154 cm³/mol. The van der Waals surface area contributed by atoms with E-state index in [9.17, 15) is 58.8 Å². The van der Waals surface area contributed by atoms with Crippen LogP contribution in [0.1, 0.15) is 81.1 Å². The van der Waals surface area contributed by atoms with E-state index < -0.39 is 44.0 Å². The van der Waals surface area contributed by atoms with E-state index in [1.807, 2.05) is 0 Å². The molecule has 0 rings (SSSR count). The Labute approximate surface area is 268 Å². The van der Waals surface area contributed by atoms with Crippen LogP contribution >= 0.6 is 0 Å². The van der Waals surface area contributed by atoms with Gasteiger partial charge in [-0.15, -0.1) is 0 Å². The average molecular weight is 685 g/mol. The molecule has 0 spiro atoms. The average Bonchev–Trinajstić information content (AvgIpc) is 2.86. The Morgan fingerprint density at radius 2 is 0.512 bits per heavy atom. The zero-order chi connectivity index (χ0) is 33.4. The molecule has 17 heteroatoms. The molecule has 232 valence electrons. The minimum absolute atomic E-state index is 0. The number of hydrogen-bond donors (Lipinski definition) is 0. The minimum atomic E-state index is -1.23. The number of carbonyl (C=O) groups excluding carboxylic acids is 8. The maximum atomic E-state index is 10.8.